The third-order valence-electron chi connectivity index (χ3n) is 2.77. The molecule has 1 heterocycles. The van der Waals surface area contributed by atoms with Gasteiger partial charge in [-0.15, -0.1) is 0 Å². The maximum Gasteiger partial charge on any atom is 0.0679 e. The summed E-state index contributed by atoms with van der Waals surface area (Å²) in [6, 6.07) is 5.58. The lowest BCUT2D eigenvalue weighted by Crippen LogP contribution is -2.26. The molecule has 96 valence electrons. The van der Waals surface area contributed by atoms with Gasteiger partial charge in [0.15, 0.2) is 0 Å². The van der Waals surface area contributed by atoms with Gasteiger partial charge in [0.25, 0.3) is 0 Å². The molecule has 0 saturated carbocycles. The van der Waals surface area contributed by atoms with Crippen molar-refractivity contribution in [3.8, 4) is 0 Å². The molecule has 1 fully saturated rings. The molecule has 0 spiro atoms. The van der Waals surface area contributed by atoms with Crippen molar-refractivity contribution >= 4 is 17.1 Å². The Balaban J connectivity index is 0.000000686. The van der Waals surface area contributed by atoms with Gasteiger partial charge in [-0.25, -0.2) is 0 Å². The number of likely N-dealkylation sites (tertiary alicyclic amines) is 1. The molecule has 1 aliphatic heterocycles. The maximum atomic E-state index is 5.85. The number of nitrogens with one attached hydrogen (secondary N) is 1. The molecule has 0 aromatic heterocycles. The van der Waals surface area contributed by atoms with Crippen molar-refractivity contribution in [1.29, 1.82) is 0 Å². The average molecular weight is 236 g/mol. The quantitative estimate of drug-likeness (QED) is 0.705. The zero-order valence-electron chi connectivity index (χ0n) is 10.9. The van der Waals surface area contributed by atoms with Crippen LogP contribution in [0.4, 0.5) is 17.1 Å². The summed E-state index contributed by atoms with van der Waals surface area (Å²) in [7, 11) is 0. The summed E-state index contributed by atoms with van der Waals surface area (Å²) < 4.78 is 0. The zero-order valence-corrected chi connectivity index (χ0v) is 10.9. The number of rotatable bonds is 3. The summed E-state index contributed by atoms with van der Waals surface area (Å²) in [4.78, 5) is 2.38. The van der Waals surface area contributed by atoms with Crippen molar-refractivity contribution in [3.05, 3.63) is 18.2 Å². The fraction of sp³-hybridized carbons (Fsp3) is 0.538. The first kappa shape index (κ1) is 13.6. The van der Waals surface area contributed by atoms with Crippen LogP contribution in [-0.4, -0.2) is 24.7 Å². The number of anilines is 3. The van der Waals surface area contributed by atoms with Crippen LogP contribution >= 0.6 is 0 Å². The average Bonchev–Trinajstić information content (AvgIpc) is 2.84. The highest BCUT2D eigenvalue weighted by Gasteiger charge is 2.10. The van der Waals surface area contributed by atoms with E-state index in [9.17, 15) is 0 Å². The Morgan fingerprint density at radius 3 is 2.41 bits per heavy atom. The first-order valence-corrected chi connectivity index (χ1v) is 6.37. The monoisotopic (exact) mass is 236 g/mol. The van der Waals surface area contributed by atoms with Crippen molar-refractivity contribution in [2.75, 3.05) is 36.5 Å². The van der Waals surface area contributed by atoms with Crippen LogP contribution in [0.1, 0.15) is 26.7 Å². The molecule has 0 atom stereocenters. The summed E-state index contributed by atoms with van der Waals surface area (Å²) in [5.74, 6) is 0. The van der Waals surface area contributed by atoms with Gasteiger partial charge in [-0.2, -0.15) is 0 Å². The highest BCUT2D eigenvalue weighted by Crippen LogP contribution is 2.21. The van der Waals surface area contributed by atoms with Gasteiger partial charge in [0, 0.05) is 5.69 Å². The molecule has 2 rings (SSSR count). The van der Waals surface area contributed by atoms with E-state index in [1.54, 1.807) is 6.07 Å². The molecule has 1 saturated heterocycles. The smallest absolute Gasteiger partial charge is 0.0679 e. The third-order valence-corrected chi connectivity index (χ3v) is 2.77. The van der Waals surface area contributed by atoms with Crippen LogP contribution in [0.2, 0.25) is 0 Å². The summed E-state index contributed by atoms with van der Waals surface area (Å²) in [6.07, 6.45) is 2.61. The van der Waals surface area contributed by atoms with Gasteiger partial charge >= 0.3 is 0 Å². The highest BCUT2D eigenvalue weighted by atomic mass is 15.2. The fourth-order valence-corrected chi connectivity index (χ4v) is 1.88. The molecule has 0 aliphatic carbocycles. The van der Waals surface area contributed by atoms with Crippen LogP contribution < -0.4 is 16.8 Å². The van der Waals surface area contributed by atoms with Crippen molar-refractivity contribution in [2.45, 2.75) is 26.7 Å². The summed E-state index contributed by atoms with van der Waals surface area (Å²) in [6.45, 7) is 7.23. The van der Waals surface area contributed by atoms with Crippen molar-refractivity contribution in [2.24, 2.45) is 0 Å². The van der Waals surface area contributed by atoms with E-state index >= 15 is 0 Å². The lowest BCUT2D eigenvalue weighted by atomic mass is 10.2. The predicted molar refractivity (Wildman–Crippen MR) is 75.9 cm³/mol. The van der Waals surface area contributed by atoms with Gasteiger partial charge in [0.05, 0.1) is 18.0 Å². The van der Waals surface area contributed by atoms with E-state index in [1.165, 1.54) is 25.9 Å². The minimum atomic E-state index is 0.708. The Hall–Kier alpha value is -1.42. The third kappa shape index (κ3) is 4.15. The second kappa shape index (κ2) is 7.01. The lowest BCUT2D eigenvalue weighted by Gasteiger charge is -2.17. The van der Waals surface area contributed by atoms with E-state index in [0.717, 1.165) is 12.4 Å². The van der Waals surface area contributed by atoms with E-state index in [0.29, 0.717) is 11.4 Å². The number of hydrogen-bond donors (Lipinski definition) is 3. The molecular formula is C13H24N4. The predicted octanol–water partition coefficient (Wildman–Crippen LogP) is 2.34. The molecule has 1 aliphatic rings. The SMILES string of the molecule is CC.Nc1ccc(NCN2CCCC2)c(N)c1. The number of nitrogens with zero attached hydrogens (tertiary/aromatic N) is 1. The number of benzene rings is 1. The Bertz CT molecular complexity index is 332. The van der Waals surface area contributed by atoms with Crippen LogP contribution in [0.5, 0.6) is 0 Å². The van der Waals surface area contributed by atoms with Gasteiger partial charge in [-0.1, -0.05) is 13.8 Å². The highest BCUT2D eigenvalue weighted by molar-refractivity contribution is 5.70. The topological polar surface area (TPSA) is 67.3 Å². The molecule has 0 bridgehead atoms. The maximum absolute atomic E-state index is 5.85. The van der Waals surface area contributed by atoms with Gasteiger partial charge in [0.2, 0.25) is 0 Å². The van der Waals surface area contributed by atoms with Gasteiger partial charge in [0.1, 0.15) is 0 Å². The van der Waals surface area contributed by atoms with Crippen LogP contribution in [0, 0.1) is 0 Å². The number of nitrogens with two attached hydrogens (primary N) is 2. The molecule has 0 radical (unpaired) electrons. The molecular weight excluding hydrogens is 212 g/mol. The summed E-state index contributed by atoms with van der Waals surface area (Å²) in [5, 5.41) is 3.33. The van der Waals surface area contributed by atoms with Crippen LogP contribution in [0.25, 0.3) is 0 Å². The Kier molecular flexibility index (Phi) is 5.63. The van der Waals surface area contributed by atoms with Gasteiger partial charge in [-0.3, -0.25) is 4.90 Å². The Morgan fingerprint density at radius 2 is 1.82 bits per heavy atom. The van der Waals surface area contributed by atoms with Crippen molar-refractivity contribution in [1.82, 2.24) is 4.90 Å². The molecule has 17 heavy (non-hydrogen) atoms. The van der Waals surface area contributed by atoms with Crippen LogP contribution in [0.15, 0.2) is 18.2 Å². The lowest BCUT2D eigenvalue weighted by molar-refractivity contribution is 0.364. The van der Waals surface area contributed by atoms with E-state index in [2.05, 4.69) is 10.2 Å². The van der Waals surface area contributed by atoms with E-state index < -0.39 is 0 Å². The normalized spacial score (nSPS) is 15.2. The molecule has 0 amide bonds. The second-order valence-corrected chi connectivity index (χ2v) is 4.01. The Labute approximate surface area is 104 Å². The minimum Gasteiger partial charge on any atom is -0.399 e. The Morgan fingerprint density at radius 1 is 1.18 bits per heavy atom. The van der Waals surface area contributed by atoms with Crippen LogP contribution in [-0.2, 0) is 0 Å². The summed E-state index contributed by atoms with van der Waals surface area (Å²) in [5.41, 5.74) is 13.9. The molecule has 0 unspecified atom stereocenters. The molecule has 5 N–H and O–H groups in total. The van der Waals surface area contributed by atoms with Gasteiger partial charge in [-0.05, 0) is 44.1 Å². The van der Waals surface area contributed by atoms with Gasteiger partial charge < -0.3 is 16.8 Å². The molecule has 4 nitrogen and oxygen atoms in total. The number of nitrogen functional groups attached to an aromatic ring is 2. The van der Waals surface area contributed by atoms with E-state index in [1.807, 2.05) is 26.0 Å². The molecule has 4 heteroatoms. The van der Waals surface area contributed by atoms with Crippen LogP contribution in [0.3, 0.4) is 0 Å². The zero-order chi connectivity index (χ0) is 12.7. The standard InChI is InChI=1S/C11H18N4.C2H6/c12-9-3-4-11(10(13)7-9)14-8-15-5-1-2-6-15;1-2/h3-4,7,14H,1-2,5-6,8,12-13H2;1-2H3. The molecule has 1 aromatic carbocycles. The minimum absolute atomic E-state index is 0.708. The van der Waals surface area contributed by atoms with E-state index in [-0.39, 0.29) is 0 Å². The fourth-order valence-electron chi connectivity index (χ4n) is 1.88. The first-order valence-electron chi connectivity index (χ1n) is 6.37. The second-order valence-electron chi connectivity index (χ2n) is 4.01. The number of hydrogen-bond acceptors (Lipinski definition) is 4. The van der Waals surface area contributed by atoms with E-state index in [4.69, 9.17) is 11.5 Å². The first-order chi connectivity index (χ1) is 8.25. The van der Waals surface area contributed by atoms with Crippen molar-refractivity contribution in [3.63, 3.8) is 0 Å². The molecule has 1 aromatic rings. The largest absolute Gasteiger partial charge is 0.399 e. The van der Waals surface area contributed by atoms with Crippen molar-refractivity contribution < 1.29 is 0 Å². The summed E-state index contributed by atoms with van der Waals surface area (Å²) >= 11 is 0.